The molecule has 1 aliphatic rings. The van der Waals surface area contributed by atoms with E-state index in [4.69, 9.17) is 0 Å². The van der Waals surface area contributed by atoms with E-state index in [2.05, 4.69) is 30.7 Å². The van der Waals surface area contributed by atoms with Crippen LogP contribution < -0.4 is 0 Å². The summed E-state index contributed by atoms with van der Waals surface area (Å²) in [5.74, 6) is -1.87. The van der Waals surface area contributed by atoms with Gasteiger partial charge in [0.15, 0.2) is 9.84 Å². The van der Waals surface area contributed by atoms with Crippen LogP contribution in [0.2, 0.25) is 25.7 Å². The van der Waals surface area contributed by atoms with E-state index in [-0.39, 0.29) is 5.75 Å². The maximum Gasteiger partial charge on any atom is 0.308 e. The molecule has 1 aromatic carbocycles. The van der Waals surface area contributed by atoms with Gasteiger partial charge in [-0.2, -0.15) is 0 Å². The first kappa shape index (κ1) is 24.1. The molecule has 0 saturated carbocycles. The van der Waals surface area contributed by atoms with Crippen LogP contribution in [0.4, 0.5) is 0 Å². The molecule has 0 amide bonds. The van der Waals surface area contributed by atoms with Crippen LogP contribution in [0.25, 0.3) is 21.3 Å². The summed E-state index contributed by atoms with van der Waals surface area (Å²) in [6.07, 6.45) is 3.86. The Morgan fingerprint density at radius 1 is 1.18 bits per heavy atom. The number of thiophene rings is 1. The summed E-state index contributed by atoms with van der Waals surface area (Å²) in [7, 11) is -5.16. The summed E-state index contributed by atoms with van der Waals surface area (Å²) in [5.41, 5.74) is 1.89. The zero-order valence-electron chi connectivity index (χ0n) is 19.4. The van der Waals surface area contributed by atoms with Crippen molar-refractivity contribution in [2.45, 2.75) is 56.1 Å². The highest BCUT2D eigenvalue weighted by atomic mass is 32.2. The van der Waals surface area contributed by atoms with Crippen molar-refractivity contribution in [3.8, 4) is 10.4 Å². The fourth-order valence-electron chi connectivity index (χ4n) is 4.94. The maximum absolute atomic E-state index is 13.6. The molecule has 176 valence electrons. The molecule has 1 fully saturated rings. The van der Waals surface area contributed by atoms with Gasteiger partial charge in [-0.15, -0.1) is 11.3 Å². The van der Waals surface area contributed by atoms with Gasteiger partial charge in [0.2, 0.25) is 0 Å². The van der Waals surface area contributed by atoms with Crippen LogP contribution in [0, 0.1) is 5.92 Å². The molecule has 2 atom stereocenters. The SMILES string of the molecule is C[Si](C)(C)CCC(C(=O)O)[C@]1(c2ccc(-c3ccc4ncccc4c3)s2)CCCCS1(=O)=O. The summed E-state index contributed by atoms with van der Waals surface area (Å²) < 4.78 is 25.9. The number of carbonyl (C=O) groups is 1. The zero-order valence-corrected chi connectivity index (χ0v) is 22.0. The molecule has 5 nitrogen and oxygen atoms in total. The molecule has 1 unspecified atom stereocenters. The number of fused-ring (bicyclic) bond motifs is 1. The molecule has 3 heterocycles. The van der Waals surface area contributed by atoms with E-state index in [1.807, 2.05) is 36.4 Å². The van der Waals surface area contributed by atoms with Gasteiger partial charge < -0.3 is 5.11 Å². The smallest absolute Gasteiger partial charge is 0.308 e. The van der Waals surface area contributed by atoms with E-state index in [9.17, 15) is 18.3 Å². The van der Waals surface area contributed by atoms with Crippen molar-refractivity contribution in [1.82, 2.24) is 4.98 Å². The average molecular weight is 502 g/mol. The number of aromatic nitrogens is 1. The number of carboxylic acid groups (broad SMARTS) is 1. The summed E-state index contributed by atoms with van der Waals surface area (Å²) >= 11 is 1.43. The molecular weight excluding hydrogens is 470 g/mol. The number of pyridine rings is 1. The van der Waals surface area contributed by atoms with Crippen LogP contribution in [0.3, 0.4) is 0 Å². The molecule has 1 saturated heterocycles. The molecule has 33 heavy (non-hydrogen) atoms. The fourth-order valence-corrected chi connectivity index (χ4v) is 10.2. The summed E-state index contributed by atoms with van der Waals surface area (Å²) in [6, 6.07) is 14.5. The van der Waals surface area contributed by atoms with Crippen LogP contribution in [-0.2, 0) is 19.4 Å². The topological polar surface area (TPSA) is 84.3 Å². The van der Waals surface area contributed by atoms with Gasteiger partial charge in [0, 0.05) is 29.4 Å². The van der Waals surface area contributed by atoms with Gasteiger partial charge in [-0.1, -0.05) is 44.2 Å². The number of nitrogens with zero attached hydrogens (tertiary/aromatic N) is 1. The molecule has 1 aliphatic heterocycles. The third-order valence-electron chi connectivity index (χ3n) is 6.72. The zero-order chi connectivity index (χ0) is 23.9. The van der Waals surface area contributed by atoms with Crippen molar-refractivity contribution >= 4 is 46.1 Å². The molecule has 4 rings (SSSR count). The second kappa shape index (κ2) is 8.96. The van der Waals surface area contributed by atoms with Gasteiger partial charge >= 0.3 is 5.97 Å². The van der Waals surface area contributed by atoms with Crippen molar-refractivity contribution in [2.75, 3.05) is 5.75 Å². The van der Waals surface area contributed by atoms with Gasteiger partial charge in [0.1, 0.15) is 4.75 Å². The highest BCUT2D eigenvalue weighted by molar-refractivity contribution is 7.92. The lowest BCUT2D eigenvalue weighted by Crippen LogP contribution is -2.49. The highest BCUT2D eigenvalue weighted by Crippen LogP contribution is 2.51. The Labute approximate surface area is 200 Å². The third kappa shape index (κ3) is 4.65. The summed E-state index contributed by atoms with van der Waals surface area (Å²) in [4.78, 5) is 18.5. The Balaban J connectivity index is 1.81. The molecule has 3 aromatic rings. The lowest BCUT2D eigenvalue weighted by atomic mass is 9.83. The molecule has 1 N–H and O–H groups in total. The Kier molecular flexibility index (Phi) is 6.55. The number of benzene rings is 1. The monoisotopic (exact) mass is 501 g/mol. The second-order valence-corrected chi connectivity index (χ2v) is 19.3. The molecular formula is C25H31NO4S2Si. The number of aliphatic carboxylic acids is 1. The van der Waals surface area contributed by atoms with Crippen LogP contribution in [0.15, 0.2) is 48.7 Å². The van der Waals surface area contributed by atoms with Crippen molar-refractivity contribution in [1.29, 1.82) is 0 Å². The largest absolute Gasteiger partial charge is 0.481 e. The quantitative estimate of drug-likeness (QED) is 0.390. The van der Waals surface area contributed by atoms with Gasteiger partial charge in [0.25, 0.3) is 0 Å². The first-order valence-electron chi connectivity index (χ1n) is 11.4. The number of rotatable bonds is 7. The molecule has 2 aromatic heterocycles. The van der Waals surface area contributed by atoms with Crippen LogP contribution in [0.5, 0.6) is 0 Å². The Hall–Kier alpha value is -2.03. The van der Waals surface area contributed by atoms with Crippen molar-refractivity contribution in [3.63, 3.8) is 0 Å². The first-order chi connectivity index (χ1) is 15.5. The van der Waals surface area contributed by atoms with E-state index >= 15 is 0 Å². The first-order valence-corrected chi connectivity index (χ1v) is 17.6. The van der Waals surface area contributed by atoms with Crippen molar-refractivity contribution in [2.24, 2.45) is 5.92 Å². The number of sulfone groups is 1. The molecule has 0 spiro atoms. The van der Waals surface area contributed by atoms with Crippen LogP contribution in [0.1, 0.15) is 30.6 Å². The highest BCUT2D eigenvalue weighted by Gasteiger charge is 2.56. The van der Waals surface area contributed by atoms with Gasteiger partial charge in [-0.05, 0) is 55.2 Å². The van der Waals surface area contributed by atoms with E-state index in [1.165, 1.54) is 11.3 Å². The van der Waals surface area contributed by atoms with Gasteiger partial charge in [-0.25, -0.2) is 8.42 Å². The Bertz CT molecular complexity index is 1280. The lowest BCUT2D eigenvalue weighted by molar-refractivity contribution is -0.143. The van der Waals surface area contributed by atoms with Gasteiger partial charge in [-0.3, -0.25) is 9.78 Å². The normalized spacial score (nSPS) is 21.7. The lowest BCUT2D eigenvalue weighted by Gasteiger charge is -2.41. The summed E-state index contributed by atoms with van der Waals surface area (Å²) in [6.45, 7) is 6.60. The molecule has 0 radical (unpaired) electrons. The third-order valence-corrected chi connectivity index (χ3v) is 12.6. The standard InChI is InChI=1S/C25H31NO4S2Si/c1-33(2,3)16-12-20(24(27)28)25(13-4-5-15-32(25,29)30)23-11-10-22(31-23)19-8-9-21-18(17-19)7-6-14-26-21/h6-11,14,17,20H,4-5,12-13,15-16H2,1-3H3,(H,27,28)/t20?,25-/m0/s1. The molecule has 8 heteroatoms. The predicted octanol–water partition coefficient (Wildman–Crippen LogP) is 6.19. The fraction of sp³-hybridized carbons (Fsp3) is 0.440. The van der Waals surface area contributed by atoms with E-state index in [0.29, 0.717) is 24.1 Å². The van der Waals surface area contributed by atoms with E-state index < -0.39 is 34.5 Å². The molecule has 0 aliphatic carbocycles. The minimum atomic E-state index is -3.62. The number of carboxylic acids is 1. The van der Waals surface area contributed by atoms with Crippen molar-refractivity contribution < 1.29 is 18.3 Å². The van der Waals surface area contributed by atoms with Crippen LogP contribution in [-0.4, -0.2) is 38.3 Å². The summed E-state index contributed by atoms with van der Waals surface area (Å²) in [5, 5.41) is 11.3. The van der Waals surface area contributed by atoms with Crippen LogP contribution >= 0.6 is 11.3 Å². The Morgan fingerprint density at radius 3 is 2.67 bits per heavy atom. The molecule has 0 bridgehead atoms. The van der Waals surface area contributed by atoms with E-state index in [1.54, 1.807) is 6.20 Å². The number of hydrogen-bond acceptors (Lipinski definition) is 5. The number of hydrogen-bond donors (Lipinski definition) is 1. The average Bonchev–Trinajstić information content (AvgIpc) is 3.24. The minimum absolute atomic E-state index is 0.0542. The van der Waals surface area contributed by atoms with Gasteiger partial charge in [0.05, 0.1) is 17.2 Å². The Morgan fingerprint density at radius 2 is 1.97 bits per heavy atom. The second-order valence-electron chi connectivity index (χ2n) is 10.2. The maximum atomic E-state index is 13.6. The van der Waals surface area contributed by atoms with Crippen molar-refractivity contribution in [3.05, 3.63) is 53.5 Å². The predicted molar refractivity (Wildman–Crippen MR) is 138 cm³/mol. The minimum Gasteiger partial charge on any atom is -0.481 e. The van der Waals surface area contributed by atoms with E-state index in [0.717, 1.165) is 33.8 Å².